The Bertz CT molecular complexity index is 499. The van der Waals surface area contributed by atoms with E-state index in [0.29, 0.717) is 12.3 Å². The highest BCUT2D eigenvalue weighted by atomic mass is 35.5. The zero-order valence-corrected chi connectivity index (χ0v) is 14.9. The molecule has 1 amide bonds. The molecule has 0 aromatic carbocycles. The predicted molar refractivity (Wildman–Crippen MR) is 93.6 cm³/mol. The Balaban J connectivity index is 0.00000192. The van der Waals surface area contributed by atoms with Crippen LogP contribution in [-0.2, 0) is 11.8 Å². The lowest BCUT2D eigenvalue weighted by molar-refractivity contribution is -0.135. The van der Waals surface area contributed by atoms with Gasteiger partial charge in [0, 0.05) is 45.5 Å². The van der Waals surface area contributed by atoms with E-state index in [0.717, 1.165) is 37.8 Å². The van der Waals surface area contributed by atoms with Gasteiger partial charge in [0.2, 0.25) is 5.91 Å². The van der Waals surface area contributed by atoms with Gasteiger partial charge in [-0.25, -0.2) is 4.98 Å². The van der Waals surface area contributed by atoms with Crippen molar-refractivity contribution < 1.29 is 4.79 Å². The Morgan fingerprint density at radius 2 is 2.13 bits per heavy atom. The Kier molecular flexibility index (Phi) is 6.90. The second kappa shape index (κ2) is 8.69. The van der Waals surface area contributed by atoms with E-state index in [2.05, 4.69) is 10.3 Å². The maximum Gasteiger partial charge on any atom is 0.223 e. The predicted octanol–water partition coefficient (Wildman–Crippen LogP) is 2.68. The van der Waals surface area contributed by atoms with E-state index in [4.69, 9.17) is 0 Å². The normalized spacial score (nSPS) is 22.7. The minimum Gasteiger partial charge on any atom is -0.336 e. The Morgan fingerprint density at radius 1 is 1.35 bits per heavy atom. The summed E-state index contributed by atoms with van der Waals surface area (Å²) in [6.07, 6.45) is 12.2. The molecule has 2 heterocycles. The molecule has 5 nitrogen and oxygen atoms in total. The largest absolute Gasteiger partial charge is 0.336 e. The number of hydrogen-bond acceptors (Lipinski definition) is 3. The van der Waals surface area contributed by atoms with Gasteiger partial charge in [0.15, 0.2) is 0 Å². The summed E-state index contributed by atoms with van der Waals surface area (Å²) in [6, 6.07) is 0.0765. The van der Waals surface area contributed by atoms with Crippen LogP contribution in [0.4, 0.5) is 0 Å². The fourth-order valence-corrected chi connectivity index (χ4v) is 3.88. The van der Waals surface area contributed by atoms with E-state index in [1.54, 1.807) is 0 Å². The van der Waals surface area contributed by atoms with Crippen LogP contribution in [-0.4, -0.2) is 40.0 Å². The van der Waals surface area contributed by atoms with Crippen molar-refractivity contribution in [1.29, 1.82) is 0 Å². The van der Waals surface area contributed by atoms with Crippen molar-refractivity contribution in [2.45, 2.75) is 51.0 Å². The molecule has 1 aliphatic heterocycles. The molecular weight excluding hydrogens is 312 g/mol. The lowest BCUT2D eigenvalue weighted by atomic mass is 9.86. The topological polar surface area (TPSA) is 50.2 Å². The summed E-state index contributed by atoms with van der Waals surface area (Å²) in [6.45, 7) is 2.48. The van der Waals surface area contributed by atoms with Crippen molar-refractivity contribution in [3.05, 3.63) is 18.2 Å². The summed E-state index contributed by atoms with van der Waals surface area (Å²) >= 11 is 0. The molecule has 1 saturated carbocycles. The molecule has 2 fully saturated rings. The molecule has 23 heavy (non-hydrogen) atoms. The number of aromatic nitrogens is 2. The van der Waals surface area contributed by atoms with Gasteiger partial charge in [-0.15, -0.1) is 12.4 Å². The van der Waals surface area contributed by atoms with E-state index in [1.165, 1.54) is 32.1 Å². The van der Waals surface area contributed by atoms with E-state index < -0.39 is 0 Å². The first-order chi connectivity index (χ1) is 10.8. The molecule has 1 unspecified atom stereocenters. The minimum atomic E-state index is 0. The fourth-order valence-electron chi connectivity index (χ4n) is 3.88. The first-order valence-electron chi connectivity index (χ1n) is 8.73. The Hall–Kier alpha value is -1.07. The molecule has 0 radical (unpaired) electrons. The van der Waals surface area contributed by atoms with Crippen molar-refractivity contribution in [1.82, 2.24) is 19.8 Å². The van der Waals surface area contributed by atoms with Crippen LogP contribution in [0.3, 0.4) is 0 Å². The summed E-state index contributed by atoms with van der Waals surface area (Å²) in [4.78, 5) is 19.2. The summed E-state index contributed by atoms with van der Waals surface area (Å²) < 4.78 is 2.03. The molecule has 3 rings (SSSR count). The Labute approximate surface area is 145 Å². The average molecular weight is 341 g/mol. The maximum absolute atomic E-state index is 12.7. The zero-order valence-electron chi connectivity index (χ0n) is 14.0. The number of imidazole rings is 1. The van der Waals surface area contributed by atoms with E-state index in [-0.39, 0.29) is 18.4 Å². The van der Waals surface area contributed by atoms with Gasteiger partial charge < -0.3 is 14.8 Å². The van der Waals surface area contributed by atoms with E-state index >= 15 is 0 Å². The number of halogens is 1. The standard InChI is InChI=1S/C17H28N4O.ClH/c1-20-11-10-19-17(20)15-13-18-9-12-21(15)16(22)8-7-14-5-3-2-4-6-14;/h10-11,14-15,18H,2-9,12-13H2,1H3;1H. The van der Waals surface area contributed by atoms with Crippen LogP contribution in [0.2, 0.25) is 0 Å². The number of hydrogen-bond donors (Lipinski definition) is 1. The minimum absolute atomic E-state index is 0. The molecule has 1 saturated heterocycles. The molecule has 0 spiro atoms. The second-order valence-corrected chi connectivity index (χ2v) is 6.75. The van der Waals surface area contributed by atoms with Crippen molar-refractivity contribution in [2.24, 2.45) is 13.0 Å². The van der Waals surface area contributed by atoms with Crippen molar-refractivity contribution in [2.75, 3.05) is 19.6 Å². The maximum atomic E-state index is 12.7. The molecule has 1 aromatic rings. The molecule has 1 aromatic heterocycles. The van der Waals surface area contributed by atoms with Crippen molar-refractivity contribution in [3.63, 3.8) is 0 Å². The highest BCUT2D eigenvalue weighted by Gasteiger charge is 2.30. The van der Waals surface area contributed by atoms with Crippen LogP contribution in [0, 0.1) is 5.92 Å². The van der Waals surface area contributed by atoms with Crippen LogP contribution in [0.25, 0.3) is 0 Å². The van der Waals surface area contributed by atoms with Crippen molar-refractivity contribution in [3.8, 4) is 0 Å². The van der Waals surface area contributed by atoms with Gasteiger partial charge in [0.1, 0.15) is 11.9 Å². The lowest BCUT2D eigenvalue weighted by Crippen LogP contribution is -2.49. The van der Waals surface area contributed by atoms with Crippen LogP contribution in [0.15, 0.2) is 12.4 Å². The first-order valence-corrected chi connectivity index (χ1v) is 8.73. The van der Waals surface area contributed by atoms with Crippen LogP contribution in [0.1, 0.15) is 56.8 Å². The summed E-state index contributed by atoms with van der Waals surface area (Å²) in [7, 11) is 2.00. The first kappa shape index (κ1) is 18.3. The summed E-state index contributed by atoms with van der Waals surface area (Å²) in [5, 5.41) is 3.39. The number of carbonyl (C=O) groups excluding carboxylic acids is 1. The van der Waals surface area contributed by atoms with Gasteiger partial charge in [-0.05, 0) is 12.3 Å². The summed E-state index contributed by atoms with van der Waals surface area (Å²) in [5.41, 5.74) is 0. The van der Waals surface area contributed by atoms with Crippen LogP contribution in [0.5, 0.6) is 0 Å². The van der Waals surface area contributed by atoms with Gasteiger partial charge in [-0.3, -0.25) is 4.79 Å². The SMILES string of the molecule is Cl.Cn1ccnc1C1CNCCN1C(=O)CCC1CCCCC1. The van der Waals surface area contributed by atoms with Gasteiger partial charge in [0.05, 0.1) is 0 Å². The molecule has 1 N–H and O–H groups in total. The molecule has 1 aliphatic carbocycles. The monoisotopic (exact) mass is 340 g/mol. The highest BCUT2D eigenvalue weighted by molar-refractivity contribution is 5.85. The molecular formula is C17H29ClN4O. The third-order valence-corrected chi connectivity index (χ3v) is 5.21. The van der Waals surface area contributed by atoms with Crippen molar-refractivity contribution >= 4 is 18.3 Å². The van der Waals surface area contributed by atoms with E-state index in [1.807, 2.05) is 28.9 Å². The molecule has 2 aliphatic rings. The average Bonchev–Trinajstić information content (AvgIpc) is 2.99. The highest BCUT2D eigenvalue weighted by Crippen LogP contribution is 2.28. The quantitative estimate of drug-likeness (QED) is 0.916. The molecule has 1 atom stereocenters. The van der Waals surface area contributed by atoms with Crippen LogP contribution >= 0.6 is 12.4 Å². The fraction of sp³-hybridized carbons (Fsp3) is 0.765. The van der Waals surface area contributed by atoms with E-state index in [9.17, 15) is 4.79 Å². The number of piperazine rings is 1. The third-order valence-electron chi connectivity index (χ3n) is 5.21. The van der Waals surface area contributed by atoms with Gasteiger partial charge in [-0.2, -0.15) is 0 Å². The van der Waals surface area contributed by atoms with Gasteiger partial charge >= 0.3 is 0 Å². The van der Waals surface area contributed by atoms with Gasteiger partial charge in [0.25, 0.3) is 0 Å². The third kappa shape index (κ3) is 4.48. The zero-order chi connectivity index (χ0) is 15.4. The molecule has 0 bridgehead atoms. The number of amides is 1. The number of aryl methyl sites for hydroxylation is 1. The molecule has 6 heteroatoms. The number of nitrogens with one attached hydrogen (secondary N) is 1. The number of rotatable bonds is 4. The molecule has 130 valence electrons. The lowest BCUT2D eigenvalue weighted by Gasteiger charge is -2.36. The summed E-state index contributed by atoms with van der Waals surface area (Å²) in [5.74, 6) is 2.06. The van der Waals surface area contributed by atoms with Gasteiger partial charge in [-0.1, -0.05) is 32.1 Å². The Morgan fingerprint density at radius 3 is 2.83 bits per heavy atom. The number of nitrogens with zero attached hydrogens (tertiary/aromatic N) is 3. The smallest absolute Gasteiger partial charge is 0.223 e. The van der Waals surface area contributed by atoms with Crippen LogP contribution < -0.4 is 5.32 Å². The number of carbonyl (C=O) groups is 1. The second-order valence-electron chi connectivity index (χ2n) is 6.75.